The summed E-state index contributed by atoms with van der Waals surface area (Å²) < 4.78 is 0. The van der Waals surface area contributed by atoms with Gasteiger partial charge in [0.05, 0.1) is 0 Å². The van der Waals surface area contributed by atoms with Gasteiger partial charge in [0.1, 0.15) is 0 Å². The number of rotatable bonds is 3. The first-order chi connectivity index (χ1) is 28.0. The van der Waals surface area contributed by atoms with Gasteiger partial charge in [-0.3, -0.25) is 0 Å². The van der Waals surface area contributed by atoms with Gasteiger partial charge >= 0.3 is 0 Å². The summed E-state index contributed by atoms with van der Waals surface area (Å²) in [5.41, 5.74) is 13.6. The van der Waals surface area contributed by atoms with Gasteiger partial charge in [0, 0.05) is 5.41 Å². The van der Waals surface area contributed by atoms with Crippen molar-refractivity contribution < 1.29 is 0 Å². The molecule has 0 amide bonds. The fourth-order valence-corrected chi connectivity index (χ4v) is 10.5. The summed E-state index contributed by atoms with van der Waals surface area (Å²) in [6.45, 7) is 4.82. The highest BCUT2D eigenvalue weighted by molar-refractivity contribution is 6.28. The van der Waals surface area contributed by atoms with Crippen LogP contribution in [0, 0.1) is 0 Å². The highest BCUT2D eigenvalue weighted by atomic mass is 14.4. The van der Waals surface area contributed by atoms with Gasteiger partial charge in [0.15, 0.2) is 0 Å². The molecule has 268 valence electrons. The molecule has 0 nitrogen and oxygen atoms in total. The van der Waals surface area contributed by atoms with Crippen LogP contribution in [-0.4, -0.2) is 0 Å². The van der Waals surface area contributed by atoms with E-state index in [0.717, 1.165) is 12.8 Å². The largest absolute Gasteiger partial charge is 0.0616 e. The molecule has 0 spiro atoms. The fraction of sp³-hybridized carbons (Fsp3) is 0.0877. The van der Waals surface area contributed by atoms with Crippen LogP contribution in [0.5, 0.6) is 0 Å². The summed E-state index contributed by atoms with van der Waals surface area (Å²) >= 11 is 0. The second-order valence-electron chi connectivity index (χ2n) is 16.7. The molecule has 12 rings (SSSR count). The Kier molecular flexibility index (Phi) is 6.91. The van der Waals surface area contributed by atoms with Crippen LogP contribution in [0.3, 0.4) is 0 Å². The van der Waals surface area contributed by atoms with Crippen molar-refractivity contribution in [1.82, 2.24) is 0 Å². The Bertz CT molecular complexity index is 3420. The van der Waals surface area contributed by atoms with Crippen molar-refractivity contribution in [2.24, 2.45) is 0 Å². The summed E-state index contributed by atoms with van der Waals surface area (Å²) in [4.78, 5) is 0. The Labute approximate surface area is 333 Å². The minimum Gasteiger partial charge on any atom is -0.0616 e. The molecule has 2 aliphatic rings. The van der Waals surface area contributed by atoms with Gasteiger partial charge in [-0.05, 0) is 157 Å². The molecule has 57 heavy (non-hydrogen) atoms. The van der Waals surface area contributed by atoms with Gasteiger partial charge in [0.25, 0.3) is 0 Å². The Morgan fingerprint density at radius 1 is 0.333 bits per heavy atom. The maximum Gasteiger partial charge on any atom is 0.0159 e. The topological polar surface area (TPSA) is 0 Å². The predicted molar refractivity (Wildman–Crippen MR) is 246 cm³/mol. The normalized spacial score (nSPS) is 14.7. The number of benzene rings is 10. The number of allylic oxidation sites excluding steroid dienone is 4. The van der Waals surface area contributed by atoms with Gasteiger partial charge in [-0.25, -0.2) is 0 Å². The molecule has 0 saturated heterocycles. The Hall–Kier alpha value is -6.76. The molecule has 2 aliphatic carbocycles. The van der Waals surface area contributed by atoms with E-state index in [1.165, 1.54) is 120 Å². The zero-order chi connectivity index (χ0) is 37.8. The second-order valence-corrected chi connectivity index (χ2v) is 16.7. The number of hydrogen-bond acceptors (Lipinski definition) is 0. The van der Waals surface area contributed by atoms with Gasteiger partial charge < -0.3 is 0 Å². The Morgan fingerprint density at radius 3 is 1.58 bits per heavy atom. The minimum absolute atomic E-state index is 0.112. The van der Waals surface area contributed by atoms with E-state index in [1.54, 1.807) is 0 Å². The summed E-state index contributed by atoms with van der Waals surface area (Å²) in [5, 5.41) is 15.8. The standard InChI is InChI=1S/C57H40/c1-57(2)53-33-39(27-29-48(53)49-30-28-41(34-54(49)57)52-31-40-12-4-5-13-43(40)45-15-7-8-16-46(45)52)35-19-21-37(22-20-35)51-32-42-26-25-38-24-23-36-11-3-6-14-44(36)55(38)56(42)50-18-10-9-17-47(50)51/h3-19,21,23-34H,20,22H2,1-2H3. The lowest BCUT2D eigenvalue weighted by Gasteiger charge is -2.24. The van der Waals surface area contributed by atoms with E-state index in [9.17, 15) is 0 Å². The van der Waals surface area contributed by atoms with Crippen molar-refractivity contribution in [3.63, 3.8) is 0 Å². The van der Waals surface area contributed by atoms with Crippen LogP contribution < -0.4 is 0 Å². The quantitative estimate of drug-likeness (QED) is 0.159. The van der Waals surface area contributed by atoms with Gasteiger partial charge in [-0.15, -0.1) is 0 Å². The Morgan fingerprint density at radius 2 is 0.842 bits per heavy atom. The van der Waals surface area contributed by atoms with Crippen LogP contribution >= 0.6 is 0 Å². The number of hydrogen-bond donors (Lipinski definition) is 0. The van der Waals surface area contributed by atoms with Crippen LogP contribution in [0.1, 0.15) is 48.9 Å². The van der Waals surface area contributed by atoms with Crippen molar-refractivity contribution in [1.29, 1.82) is 0 Å². The maximum absolute atomic E-state index is 2.49. The molecule has 0 aliphatic heterocycles. The van der Waals surface area contributed by atoms with Crippen molar-refractivity contribution in [3.05, 3.63) is 204 Å². The van der Waals surface area contributed by atoms with Crippen molar-refractivity contribution in [2.75, 3.05) is 0 Å². The summed E-state index contributed by atoms with van der Waals surface area (Å²) in [5.74, 6) is 0. The molecule has 0 saturated carbocycles. The highest BCUT2D eigenvalue weighted by Crippen LogP contribution is 2.51. The molecule has 0 N–H and O–H groups in total. The molecule has 0 radical (unpaired) electrons. The van der Waals surface area contributed by atoms with Crippen LogP contribution in [0.15, 0.2) is 182 Å². The molecule has 10 aromatic carbocycles. The molecule has 0 bridgehead atoms. The maximum atomic E-state index is 2.49. The first-order valence-corrected chi connectivity index (χ1v) is 20.4. The average molecular weight is 725 g/mol. The van der Waals surface area contributed by atoms with E-state index in [-0.39, 0.29) is 5.41 Å². The SMILES string of the molecule is CC1(C)c2cc(C3=CC=C(c4cc5ccc6ccc7ccccc7c6c5c5ccccc45)CC3)ccc2-c2ccc(-c3cc4ccccc4c4ccccc34)cc21. The van der Waals surface area contributed by atoms with Crippen LogP contribution in [0.2, 0.25) is 0 Å². The smallest absolute Gasteiger partial charge is 0.0159 e. The third kappa shape index (κ3) is 4.80. The third-order valence-corrected chi connectivity index (χ3v) is 13.3. The monoisotopic (exact) mass is 724 g/mol. The average Bonchev–Trinajstić information content (AvgIpc) is 3.50. The molecule has 0 atom stereocenters. The van der Waals surface area contributed by atoms with Crippen LogP contribution in [0.4, 0.5) is 0 Å². The van der Waals surface area contributed by atoms with Crippen molar-refractivity contribution in [3.8, 4) is 22.3 Å². The lowest BCUT2D eigenvalue weighted by atomic mass is 9.80. The van der Waals surface area contributed by atoms with E-state index in [0.29, 0.717) is 0 Å². The molecule has 0 heterocycles. The second kappa shape index (κ2) is 12.1. The van der Waals surface area contributed by atoms with E-state index in [1.807, 2.05) is 0 Å². The zero-order valence-electron chi connectivity index (χ0n) is 32.2. The first-order valence-electron chi connectivity index (χ1n) is 20.4. The van der Waals surface area contributed by atoms with E-state index in [2.05, 4.69) is 196 Å². The molecular weight excluding hydrogens is 685 g/mol. The van der Waals surface area contributed by atoms with Gasteiger partial charge in [-0.2, -0.15) is 0 Å². The molecule has 0 fully saturated rings. The van der Waals surface area contributed by atoms with Crippen LogP contribution in [0.25, 0.3) is 98.0 Å². The van der Waals surface area contributed by atoms with Gasteiger partial charge in [-0.1, -0.05) is 172 Å². The Balaban J connectivity index is 0.924. The van der Waals surface area contributed by atoms with Crippen molar-refractivity contribution >= 4 is 75.8 Å². The van der Waals surface area contributed by atoms with E-state index < -0.39 is 0 Å². The van der Waals surface area contributed by atoms with Crippen LogP contribution in [-0.2, 0) is 5.41 Å². The summed E-state index contributed by atoms with van der Waals surface area (Å²) in [6.07, 6.45) is 6.83. The third-order valence-electron chi connectivity index (χ3n) is 13.3. The summed E-state index contributed by atoms with van der Waals surface area (Å²) in [7, 11) is 0. The molecular formula is C57H40. The minimum atomic E-state index is -0.112. The van der Waals surface area contributed by atoms with E-state index in [4.69, 9.17) is 0 Å². The van der Waals surface area contributed by atoms with Crippen molar-refractivity contribution in [2.45, 2.75) is 32.1 Å². The molecule has 0 heteroatoms. The number of fused-ring (bicyclic) bond motifs is 13. The lowest BCUT2D eigenvalue weighted by molar-refractivity contribution is 0.660. The first kappa shape index (κ1) is 32.5. The van der Waals surface area contributed by atoms with E-state index >= 15 is 0 Å². The van der Waals surface area contributed by atoms with Gasteiger partial charge in [0.2, 0.25) is 0 Å². The summed E-state index contributed by atoms with van der Waals surface area (Å²) in [6, 6.07) is 63.9. The lowest BCUT2D eigenvalue weighted by Crippen LogP contribution is -2.15. The molecule has 10 aromatic rings. The predicted octanol–water partition coefficient (Wildman–Crippen LogP) is 15.8. The zero-order valence-corrected chi connectivity index (χ0v) is 32.2. The molecule has 0 unspecified atom stereocenters. The fourth-order valence-electron chi connectivity index (χ4n) is 10.5. The molecule has 0 aromatic heterocycles. The highest BCUT2D eigenvalue weighted by Gasteiger charge is 2.36.